The lowest BCUT2D eigenvalue weighted by Crippen LogP contribution is -2.13. The van der Waals surface area contributed by atoms with Crippen LogP contribution in [0.4, 0.5) is 5.69 Å². The van der Waals surface area contributed by atoms with Crippen LogP contribution in [0.3, 0.4) is 0 Å². The molecule has 0 saturated heterocycles. The van der Waals surface area contributed by atoms with E-state index in [0.29, 0.717) is 11.5 Å². The number of rotatable bonds is 5. The molecule has 0 bridgehead atoms. The largest absolute Gasteiger partial charge is 0.455 e. The van der Waals surface area contributed by atoms with Gasteiger partial charge in [0.15, 0.2) is 5.75 Å². The number of hydrogen-bond donors (Lipinski definition) is 2. The number of anilines is 1. The normalized spacial score (nSPS) is 10.2. The van der Waals surface area contributed by atoms with Gasteiger partial charge in [-0.2, -0.15) is 0 Å². The number of amides is 1. The smallest absolute Gasteiger partial charge is 0.250 e. The predicted octanol–water partition coefficient (Wildman–Crippen LogP) is 3.11. The summed E-state index contributed by atoms with van der Waals surface area (Å²) in [5, 5.41) is 0. The summed E-state index contributed by atoms with van der Waals surface area (Å²) in [5.74, 6) is 0.550. The lowest BCUT2D eigenvalue weighted by molar-refractivity contribution is 0.100. The molecule has 1 amide bonds. The monoisotopic (exact) mass is 270 g/mol. The number of para-hydroxylation sites is 1. The van der Waals surface area contributed by atoms with Crippen molar-refractivity contribution >= 4 is 11.6 Å². The van der Waals surface area contributed by atoms with Crippen LogP contribution in [-0.2, 0) is 6.42 Å². The molecule has 0 heterocycles. The first-order chi connectivity index (χ1) is 9.61. The van der Waals surface area contributed by atoms with Crippen molar-refractivity contribution in [2.45, 2.75) is 19.8 Å². The van der Waals surface area contributed by atoms with Crippen LogP contribution in [0.1, 0.15) is 29.3 Å². The molecule has 2 aromatic carbocycles. The van der Waals surface area contributed by atoms with Gasteiger partial charge in [-0.15, -0.1) is 0 Å². The van der Waals surface area contributed by atoms with Crippen LogP contribution in [-0.4, -0.2) is 5.91 Å². The summed E-state index contributed by atoms with van der Waals surface area (Å²) < 4.78 is 5.70. The van der Waals surface area contributed by atoms with Crippen LogP contribution in [0.2, 0.25) is 0 Å². The predicted molar refractivity (Wildman–Crippen MR) is 79.9 cm³/mol. The van der Waals surface area contributed by atoms with Gasteiger partial charge in [0.1, 0.15) is 5.75 Å². The Hall–Kier alpha value is -2.49. The van der Waals surface area contributed by atoms with Crippen LogP contribution in [0.25, 0.3) is 0 Å². The van der Waals surface area contributed by atoms with E-state index in [4.69, 9.17) is 16.2 Å². The minimum atomic E-state index is -0.564. The molecule has 4 heteroatoms. The van der Waals surface area contributed by atoms with E-state index in [-0.39, 0.29) is 11.3 Å². The molecule has 0 fully saturated rings. The molecule has 0 radical (unpaired) electrons. The molecule has 2 aromatic rings. The van der Waals surface area contributed by atoms with Crippen LogP contribution < -0.4 is 16.2 Å². The molecule has 0 unspecified atom stereocenters. The SMILES string of the molecule is CCCc1ccc(Oc2cccc(C(N)=O)c2N)cc1. The van der Waals surface area contributed by atoms with Crippen molar-refractivity contribution in [3.63, 3.8) is 0 Å². The van der Waals surface area contributed by atoms with E-state index < -0.39 is 5.91 Å². The number of aryl methyl sites for hydroxylation is 1. The first-order valence-electron chi connectivity index (χ1n) is 6.57. The van der Waals surface area contributed by atoms with Gasteiger partial charge < -0.3 is 16.2 Å². The van der Waals surface area contributed by atoms with E-state index >= 15 is 0 Å². The van der Waals surface area contributed by atoms with Gasteiger partial charge in [0.05, 0.1) is 11.3 Å². The number of nitrogens with two attached hydrogens (primary N) is 2. The lowest BCUT2D eigenvalue weighted by atomic mass is 10.1. The molecule has 0 atom stereocenters. The van der Waals surface area contributed by atoms with Crippen molar-refractivity contribution in [3.05, 3.63) is 53.6 Å². The minimum Gasteiger partial charge on any atom is -0.455 e. The van der Waals surface area contributed by atoms with Crippen LogP contribution >= 0.6 is 0 Å². The van der Waals surface area contributed by atoms with Crippen LogP contribution in [0.15, 0.2) is 42.5 Å². The molecule has 4 N–H and O–H groups in total. The maximum Gasteiger partial charge on any atom is 0.250 e. The Bertz CT molecular complexity index is 606. The van der Waals surface area contributed by atoms with Crippen molar-refractivity contribution in [2.75, 3.05) is 5.73 Å². The molecule has 4 nitrogen and oxygen atoms in total. The Balaban J connectivity index is 2.21. The van der Waals surface area contributed by atoms with Gasteiger partial charge in [0, 0.05) is 0 Å². The molecular weight excluding hydrogens is 252 g/mol. The quantitative estimate of drug-likeness (QED) is 0.819. The van der Waals surface area contributed by atoms with Crippen molar-refractivity contribution < 1.29 is 9.53 Å². The van der Waals surface area contributed by atoms with E-state index in [0.717, 1.165) is 12.8 Å². The van der Waals surface area contributed by atoms with Gasteiger partial charge in [-0.05, 0) is 36.2 Å². The fourth-order valence-corrected chi connectivity index (χ4v) is 1.99. The summed E-state index contributed by atoms with van der Waals surface area (Å²) in [7, 11) is 0. The van der Waals surface area contributed by atoms with Gasteiger partial charge in [-0.1, -0.05) is 31.5 Å². The molecular formula is C16H18N2O2. The zero-order chi connectivity index (χ0) is 14.5. The highest BCUT2D eigenvalue weighted by Crippen LogP contribution is 2.30. The van der Waals surface area contributed by atoms with Crippen molar-refractivity contribution in [3.8, 4) is 11.5 Å². The standard InChI is InChI=1S/C16H18N2O2/c1-2-4-11-7-9-12(10-8-11)20-14-6-3-5-13(15(14)17)16(18)19/h3,5-10H,2,4,17H2,1H3,(H2,18,19). The minimum absolute atomic E-state index is 0.262. The maximum absolute atomic E-state index is 11.2. The second-order valence-corrected chi connectivity index (χ2v) is 4.58. The van der Waals surface area contributed by atoms with E-state index in [1.54, 1.807) is 18.2 Å². The molecule has 2 rings (SSSR count). The summed E-state index contributed by atoms with van der Waals surface area (Å²) >= 11 is 0. The van der Waals surface area contributed by atoms with Crippen molar-refractivity contribution in [1.29, 1.82) is 0 Å². The van der Waals surface area contributed by atoms with Crippen molar-refractivity contribution in [1.82, 2.24) is 0 Å². The zero-order valence-electron chi connectivity index (χ0n) is 11.4. The highest BCUT2D eigenvalue weighted by molar-refractivity contribution is 5.99. The molecule has 0 aliphatic carbocycles. The molecule has 0 saturated carbocycles. The third-order valence-electron chi connectivity index (χ3n) is 3.02. The average molecular weight is 270 g/mol. The highest BCUT2D eigenvalue weighted by Gasteiger charge is 2.10. The first kappa shape index (κ1) is 13.9. The van der Waals surface area contributed by atoms with Gasteiger partial charge in [-0.25, -0.2) is 0 Å². The number of carbonyl (C=O) groups is 1. The summed E-state index contributed by atoms with van der Waals surface area (Å²) in [4.78, 5) is 11.2. The van der Waals surface area contributed by atoms with Crippen LogP contribution in [0.5, 0.6) is 11.5 Å². The van der Waals surface area contributed by atoms with Gasteiger partial charge >= 0.3 is 0 Å². The molecule has 0 spiro atoms. The molecule has 104 valence electrons. The average Bonchev–Trinajstić information content (AvgIpc) is 2.43. The molecule has 20 heavy (non-hydrogen) atoms. The Morgan fingerprint density at radius 1 is 1.15 bits per heavy atom. The maximum atomic E-state index is 11.2. The summed E-state index contributed by atoms with van der Waals surface area (Å²) in [6.07, 6.45) is 2.15. The second-order valence-electron chi connectivity index (χ2n) is 4.58. The van der Waals surface area contributed by atoms with Gasteiger partial charge in [0.25, 0.3) is 5.91 Å². The second kappa shape index (κ2) is 6.10. The Morgan fingerprint density at radius 3 is 2.45 bits per heavy atom. The number of primary amides is 1. The van der Waals surface area contributed by atoms with E-state index in [1.807, 2.05) is 24.3 Å². The zero-order valence-corrected chi connectivity index (χ0v) is 11.4. The van der Waals surface area contributed by atoms with Gasteiger partial charge in [0.2, 0.25) is 0 Å². The summed E-state index contributed by atoms with van der Waals surface area (Å²) in [6, 6.07) is 12.8. The molecule has 0 aromatic heterocycles. The van der Waals surface area contributed by atoms with Crippen LogP contribution in [0, 0.1) is 0 Å². The summed E-state index contributed by atoms with van der Waals surface area (Å²) in [6.45, 7) is 2.14. The lowest BCUT2D eigenvalue weighted by Gasteiger charge is -2.11. The van der Waals surface area contributed by atoms with E-state index in [2.05, 4.69) is 6.92 Å². The summed E-state index contributed by atoms with van der Waals surface area (Å²) in [5.41, 5.74) is 12.9. The van der Waals surface area contributed by atoms with Crippen molar-refractivity contribution in [2.24, 2.45) is 5.73 Å². The fraction of sp³-hybridized carbons (Fsp3) is 0.188. The number of hydrogen-bond acceptors (Lipinski definition) is 3. The van der Waals surface area contributed by atoms with E-state index in [1.165, 1.54) is 5.56 Å². The van der Waals surface area contributed by atoms with E-state index in [9.17, 15) is 4.79 Å². The Morgan fingerprint density at radius 2 is 1.85 bits per heavy atom. The third kappa shape index (κ3) is 3.09. The number of benzene rings is 2. The molecule has 0 aliphatic rings. The highest BCUT2D eigenvalue weighted by atomic mass is 16.5. The number of nitrogen functional groups attached to an aromatic ring is 1. The number of carbonyl (C=O) groups excluding carboxylic acids is 1. The fourth-order valence-electron chi connectivity index (χ4n) is 1.99. The Labute approximate surface area is 118 Å². The molecule has 0 aliphatic heterocycles. The number of ether oxygens (including phenoxy) is 1. The first-order valence-corrected chi connectivity index (χ1v) is 6.57. The van der Waals surface area contributed by atoms with Gasteiger partial charge in [-0.3, -0.25) is 4.79 Å². The third-order valence-corrected chi connectivity index (χ3v) is 3.02. The topological polar surface area (TPSA) is 78.3 Å². The Kier molecular flexibility index (Phi) is 4.25.